The zero-order chi connectivity index (χ0) is 25.4. The average Bonchev–Trinajstić information content (AvgIpc) is 3.49. The topological polar surface area (TPSA) is 111 Å². The molecule has 1 N–H and O–H groups in total. The van der Waals surface area contributed by atoms with Crippen molar-refractivity contribution in [1.82, 2.24) is 24.6 Å². The number of carbonyl (C=O) groups excluding carboxylic acids is 2. The highest BCUT2D eigenvalue weighted by Crippen LogP contribution is 2.45. The van der Waals surface area contributed by atoms with Gasteiger partial charge in [0.05, 0.1) is 36.2 Å². The minimum atomic E-state index is -0.575. The summed E-state index contributed by atoms with van der Waals surface area (Å²) in [5.74, 6) is 0.386. The molecule has 0 saturated heterocycles. The molecule has 0 saturated carbocycles. The Balaban J connectivity index is 1.71. The Morgan fingerprint density at radius 3 is 2.69 bits per heavy atom. The molecule has 1 aliphatic carbocycles. The number of pyridine rings is 1. The Labute approximate surface area is 211 Å². The van der Waals surface area contributed by atoms with E-state index in [1.165, 1.54) is 23.3 Å². The predicted molar refractivity (Wildman–Crippen MR) is 136 cm³/mol. The van der Waals surface area contributed by atoms with Crippen molar-refractivity contribution in [3.8, 4) is 33.3 Å². The number of aromatic nitrogens is 4. The highest BCUT2D eigenvalue weighted by molar-refractivity contribution is 7.19. The maximum Gasteiger partial charge on any atom is 0.413 e. The number of thiazole rings is 1. The first-order valence-corrected chi connectivity index (χ1v) is 12.0. The van der Waals surface area contributed by atoms with Gasteiger partial charge in [-0.15, -0.1) is 0 Å². The fraction of sp³-hybridized carbons (Fsp3) is 0.240. The molecule has 0 atom stereocenters. The van der Waals surface area contributed by atoms with Gasteiger partial charge in [0.15, 0.2) is 5.13 Å². The molecule has 3 heterocycles. The number of hydrogen-bond acceptors (Lipinski definition) is 8. The van der Waals surface area contributed by atoms with Crippen LogP contribution in [0.1, 0.15) is 21.6 Å². The van der Waals surface area contributed by atoms with Crippen LogP contribution in [0.15, 0.2) is 42.7 Å². The minimum Gasteiger partial charge on any atom is -0.494 e. The summed E-state index contributed by atoms with van der Waals surface area (Å²) in [5.41, 5.74) is 5.70. The van der Waals surface area contributed by atoms with Gasteiger partial charge in [0, 0.05) is 43.2 Å². The van der Waals surface area contributed by atoms with Crippen molar-refractivity contribution in [3.63, 3.8) is 0 Å². The number of nitrogens with zero attached hydrogens (tertiary/aromatic N) is 5. The number of ether oxygens (including phenoxy) is 2. The Morgan fingerprint density at radius 1 is 1.17 bits per heavy atom. The van der Waals surface area contributed by atoms with Gasteiger partial charge in [-0.05, 0) is 43.2 Å². The number of rotatable bonds is 5. The molecular formula is C25H24N6O4S. The van der Waals surface area contributed by atoms with Crippen LogP contribution in [-0.4, -0.2) is 65.0 Å². The maximum atomic E-state index is 12.6. The summed E-state index contributed by atoms with van der Waals surface area (Å²) in [6.07, 6.45) is 4.35. The van der Waals surface area contributed by atoms with Gasteiger partial charge in [-0.1, -0.05) is 11.3 Å². The molecule has 4 aromatic rings. The lowest BCUT2D eigenvalue weighted by Crippen LogP contribution is -2.21. The average molecular weight is 505 g/mol. The van der Waals surface area contributed by atoms with Gasteiger partial charge in [-0.2, -0.15) is 5.10 Å². The number of carbonyl (C=O) groups is 2. The SMILES string of the molecule is COC(=O)Nc1nc2c(s1)-c1c(c(-c3cccnc3)nn1-c1ccc(C(=O)N(C)C)cc1OC)CC2. The number of nitrogens with one attached hydrogen (secondary N) is 1. The quantitative estimate of drug-likeness (QED) is 0.436. The highest BCUT2D eigenvalue weighted by atomic mass is 32.1. The third-order valence-corrected chi connectivity index (χ3v) is 6.92. The first-order chi connectivity index (χ1) is 17.4. The molecule has 5 rings (SSSR count). The molecule has 1 aliphatic rings. The molecule has 0 spiro atoms. The summed E-state index contributed by atoms with van der Waals surface area (Å²) in [4.78, 5) is 35.7. The van der Waals surface area contributed by atoms with Crippen LogP contribution in [0.4, 0.5) is 9.93 Å². The van der Waals surface area contributed by atoms with E-state index in [2.05, 4.69) is 15.3 Å². The zero-order valence-corrected chi connectivity index (χ0v) is 21.0. The predicted octanol–water partition coefficient (Wildman–Crippen LogP) is 4.05. The lowest BCUT2D eigenvalue weighted by Gasteiger charge is -2.17. The normalized spacial score (nSPS) is 11.9. The highest BCUT2D eigenvalue weighted by Gasteiger charge is 2.31. The monoisotopic (exact) mass is 504 g/mol. The van der Waals surface area contributed by atoms with E-state index < -0.39 is 6.09 Å². The van der Waals surface area contributed by atoms with Crippen LogP contribution >= 0.6 is 11.3 Å². The van der Waals surface area contributed by atoms with E-state index in [0.29, 0.717) is 35.0 Å². The van der Waals surface area contributed by atoms with Crippen LogP contribution < -0.4 is 10.1 Å². The van der Waals surface area contributed by atoms with Crippen molar-refractivity contribution >= 4 is 28.5 Å². The van der Waals surface area contributed by atoms with Gasteiger partial charge in [-0.25, -0.2) is 14.5 Å². The molecule has 11 heteroatoms. The molecule has 184 valence electrons. The second kappa shape index (κ2) is 9.42. The van der Waals surface area contributed by atoms with E-state index in [0.717, 1.165) is 33.1 Å². The van der Waals surface area contributed by atoms with Crippen LogP contribution in [0.2, 0.25) is 0 Å². The number of aryl methyl sites for hydroxylation is 1. The maximum absolute atomic E-state index is 12.6. The molecule has 0 aliphatic heterocycles. The molecule has 10 nitrogen and oxygen atoms in total. The Hall–Kier alpha value is -4.25. The van der Waals surface area contributed by atoms with Gasteiger partial charge in [0.1, 0.15) is 11.4 Å². The largest absolute Gasteiger partial charge is 0.494 e. The summed E-state index contributed by atoms with van der Waals surface area (Å²) in [6.45, 7) is 0. The summed E-state index contributed by atoms with van der Waals surface area (Å²) in [5, 5.41) is 8.13. The summed E-state index contributed by atoms with van der Waals surface area (Å²) < 4.78 is 12.3. The third-order valence-electron chi connectivity index (χ3n) is 5.90. The zero-order valence-electron chi connectivity index (χ0n) is 20.2. The van der Waals surface area contributed by atoms with E-state index in [4.69, 9.17) is 14.6 Å². The number of hydrogen-bond donors (Lipinski definition) is 1. The molecule has 0 radical (unpaired) electrons. The number of fused-ring (bicyclic) bond motifs is 3. The van der Waals surface area contributed by atoms with Crippen molar-refractivity contribution in [3.05, 3.63) is 59.5 Å². The Bertz CT molecular complexity index is 1460. The summed E-state index contributed by atoms with van der Waals surface area (Å²) >= 11 is 1.36. The summed E-state index contributed by atoms with van der Waals surface area (Å²) in [6, 6.07) is 9.17. The van der Waals surface area contributed by atoms with Gasteiger partial charge in [0.25, 0.3) is 5.91 Å². The standard InChI is InChI=1S/C25H24N6O4S/c1-30(2)23(32)14-7-10-18(19(12-14)34-3)31-21-16(20(29-31)15-6-5-11-26-13-15)8-9-17-22(21)36-24(27-17)28-25(33)35-4/h5-7,10-13H,8-9H2,1-4H3,(H,27,28,33). The molecular weight excluding hydrogens is 480 g/mol. The van der Waals surface area contributed by atoms with Crippen LogP contribution in [-0.2, 0) is 17.6 Å². The van der Waals surface area contributed by atoms with Crippen LogP contribution in [0.3, 0.4) is 0 Å². The Kier molecular flexibility index (Phi) is 6.15. The van der Waals surface area contributed by atoms with Crippen molar-refractivity contribution in [2.24, 2.45) is 0 Å². The molecule has 36 heavy (non-hydrogen) atoms. The van der Waals surface area contributed by atoms with Gasteiger partial charge < -0.3 is 14.4 Å². The number of anilines is 1. The van der Waals surface area contributed by atoms with E-state index in [9.17, 15) is 9.59 Å². The molecule has 2 amide bonds. The molecule has 1 aromatic carbocycles. The first-order valence-electron chi connectivity index (χ1n) is 11.2. The van der Waals surface area contributed by atoms with Crippen molar-refractivity contribution < 1.29 is 19.1 Å². The van der Waals surface area contributed by atoms with E-state index in [1.807, 2.05) is 22.9 Å². The van der Waals surface area contributed by atoms with E-state index in [-0.39, 0.29) is 5.91 Å². The minimum absolute atomic E-state index is 0.123. The second-order valence-electron chi connectivity index (χ2n) is 8.33. The third kappa shape index (κ3) is 4.07. The van der Waals surface area contributed by atoms with Gasteiger partial charge in [0.2, 0.25) is 0 Å². The summed E-state index contributed by atoms with van der Waals surface area (Å²) in [7, 11) is 6.29. The van der Waals surface area contributed by atoms with Crippen molar-refractivity contribution in [2.45, 2.75) is 12.8 Å². The van der Waals surface area contributed by atoms with Crippen molar-refractivity contribution in [1.29, 1.82) is 0 Å². The van der Waals surface area contributed by atoms with E-state index in [1.54, 1.807) is 45.7 Å². The fourth-order valence-corrected chi connectivity index (χ4v) is 5.27. The van der Waals surface area contributed by atoms with Gasteiger partial charge >= 0.3 is 6.09 Å². The number of methoxy groups -OCH3 is 2. The van der Waals surface area contributed by atoms with E-state index >= 15 is 0 Å². The van der Waals surface area contributed by atoms with Crippen LogP contribution in [0, 0.1) is 0 Å². The second-order valence-corrected chi connectivity index (χ2v) is 9.33. The lowest BCUT2D eigenvalue weighted by molar-refractivity contribution is 0.0827. The van der Waals surface area contributed by atoms with Gasteiger partial charge in [-0.3, -0.25) is 15.1 Å². The molecule has 0 unspecified atom stereocenters. The Morgan fingerprint density at radius 2 is 2.00 bits per heavy atom. The molecule has 0 fully saturated rings. The number of amides is 2. The molecule has 0 bridgehead atoms. The van der Waals surface area contributed by atoms with Crippen molar-refractivity contribution in [2.75, 3.05) is 33.6 Å². The lowest BCUT2D eigenvalue weighted by atomic mass is 9.95. The van der Waals surface area contributed by atoms with Crippen LogP contribution in [0.5, 0.6) is 5.75 Å². The smallest absolute Gasteiger partial charge is 0.413 e. The first kappa shape index (κ1) is 23.5. The molecule has 3 aromatic heterocycles. The number of benzene rings is 1. The fourth-order valence-electron chi connectivity index (χ4n) is 4.21. The van der Waals surface area contributed by atoms with Crippen LogP contribution in [0.25, 0.3) is 27.5 Å².